The van der Waals surface area contributed by atoms with E-state index in [1.165, 1.54) is 11.3 Å². The summed E-state index contributed by atoms with van der Waals surface area (Å²) in [6, 6.07) is 6.44. The number of hydrogen-bond donors (Lipinski definition) is 1. The van der Waals surface area contributed by atoms with Crippen LogP contribution in [0.2, 0.25) is 0 Å². The molecule has 112 valence electrons. The van der Waals surface area contributed by atoms with Crippen molar-refractivity contribution in [2.75, 3.05) is 18.5 Å². The smallest absolute Gasteiger partial charge is 0.122 e. The van der Waals surface area contributed by atoms with Crippen LogP contribution in [0.5, 0.6) is 0 Å². The number of aromatic nitrogens is 2. The highest BCUT2D eigenvalue weighted by molar-refractivity contribution is 9.10. The lowest BCUT2D eigenvalue weighted by molar-refractivity contribution is 0.204. The minimum atomic E-state index is -0.666. The van der Waals surface area contributed by atoms with E-state index in [2.05, 4.69) is 59.0 Å². The zero-order chi connectivity index (χ0) is 15.1. The van der Waals surface area contributed by atoms with Gasteiger partial charge in [-0.05, 0) is 53.4 Å². The van der Waals surface area contributed by atoms with Gasteiger partial charge in [-0.2, -0.15) is 5.10 Å². The molecule has 0 aliphatic carbocycles. The van der Waals surface area contributed by atoms with E-state index in [1.54, 1.807) is 6.20 Å². The second kappa shape index (κ2) is 5.46. The first kappa shape index (κ1) is 14.6. The molecule has 2 heterocycles. The van der Waals surface area contributed by atoms with Crippen LogP contribution in [0.3, 0.4) is 0 Å². The van der Waals surface area contributed by atoms with Gasteiger partial charge in [0.25, 0.3) is 0 Å². The molecule has 1 aliphatic heterocycles. The minimum absolute atomic E-state index is 0.210. The van der Waals surface area contributed by atoms with Gasteiger partial charge in [-0.3, -0.25) is 4.68 Å². The van der Waals surface area contributed by atoms with Gasteiger partial charge in [0.1, 0.15) is 6.10 Å². The number of aliphatic hydroxyl groups excluding tert-OH is 1. The maximum absolute atomic E-state index is 10.8. The Balaban J connectivity index is 2.00. The summed E-state index contributed by atoms with van der Waals surface area (Å²) in [5.41, 5.74) is 4.31. The van der Waals surface area contributed by atoms with Gasteiger partial charge >= 0.3 is 0 Å². The molecule has 5 heteroatoms. The number of nitrogens with zero attached hydrogens (tertiary/aromatic N) is 3. The first-order chi connectivity index (χ1) is 9.99. The van der Waals surface area contributed by atoms with Crippen molar-refractivity contribution >= 4 is 21.6 Å². The monoisotopic (exact) mass is 349 g/mol. The molecule has 0 radical (unpaired) electrons. The number of rotatable bonds is 3. The lowest BCUT2D eigenvalue weighted by atomic mass is 10.0. The van der Waals surface area contributed by atoms with E-state index in [4.69, 9.17) is 0 Å². The summed E-state index contributed by atoms with van der Waals surface area (Å²) in [6.45, 7) is 5.17. The predicted molar refractivity (Wildman–Crippen MR) is 87.8 cm³/mol. The van der Waals surface area contributed by atoms with E-state index in [1.807, 2.05) is 10.7 Å². The van der Waals surface area contributed by atoms with Gasteiger partial charge in [-0.15, -0.1) is 0 Å². The SMILES string of the molecule is CC(C)n1ncc(Br)c1C(O)c1ccc2c(c1)CCN2C. The summed E-state index contributed by atoms with van der Waals surface area (Å²) >= 11 is 3.50. The number of likely N-dealkylation sites (N-methyl/N-ethyl adjacent to an activating group) is 1. The van der Waals surface area contributed by atoms with Gasteiger partial charge in [-0.1, -0.05) is 12.1 Å². The fourth-order valence-corrected chi connectivity index (χ4v) is 3.42. The highest BCUT2D eigenvalue weighted by atomic mass is 79.9. The molecule has 1 atom stereocenters. The van der Waals surface area contributed by atoms with Crippen LogP contribution in [0.1, 0.15) is 42.8 Å². The Morgan fingerprint density at radius 1 is 1.33 bits per heavy atom. The Bertz CT molecular complexity index is 666. The van der Waals surface area contributed by atoms with Crippen molar-refractivity contribution in [1.29, 1.82) is 0 Å². The third-order valence-corrected chi connectivity index (χ3v) is 4.69. The lowest BCUT2D eigenvalue weighted by Gasteiger charge is -2.18. The zero-order valence-corrected chi connectivity index (χ0v) is 14.1. The van der Waals surface area contributed by atoms with Crippen molar-refractivity contribution in [3.8, 4) is 0 Å². The van der Waals surface area contributed by atoms with Crippen LogP contribution in [0.25, 0.3) is 0 Å². The molecule has 0 spiro atoms. The molecule has 3 rings (SSSR count). The van der Waals surface area contributed by atoms with E-state index in [0.29, 0.717) is 0 Å². The number of aliphatic hydroxyl groups is 1. The van der Waals surface area contributed by atoms with Crippen LogP contribution in [0, 0.1) is 0 Å². The van der Waals surface area contributed by atoms with Crippen molar-refractivity contribution in [3.05, 3.63) is 45.7 Å². The molecule has 1 N–H and O–H groups in total. The molecule has 1 unspecified atom stereocenters. The number of anilines is 1. The van der Waals surface area contributed by atoms with Crippen LogP contribution in [0.15, 0.2) is 28.9 Å². The van der Waals surface area contributed by atoms with E-state index < -0.39 is 6.10 Å². The first-order valence-corrected chi connectivity index (χ1v) is 8.03. The van der Waals surface area contributed by atoms with Crippen LogP contribution in [-0.4, -0.2) is 28.5 Å². The van der Waals surface area contributed by atoms with Crippen LogP contribution in [-0.2, 0) is 6.42 Å². The molecular weight excluding hydrogens is 330 g/mol. The average Bonchev–Trinajstić information content (AvgIpc) is 3.01. The van der Waals surface area contributed by atoms with Gasteiger partial charge in [0.15, 0.2) is 0 Å². The Kier molecular flexibility index (Phi) is 3.80. The van der Waals surface area contributed by atoms with Crippen molar-refractivity contribution in [3.63, 3.8) is 0 Å². The van der Waals surface area contributed by atoms with Gasteiger partial charge in [0.2, 0.25) is 0 Å². The largest absolute Gasteiger partial charge is 0.382 e. The molecule has 1 aromatic carbocycles. The van der Waals surface area contributed by atoms with E-state index >= 15 is 0 Å². The van der Waals surface area contributed by atoms with Gasteiger partial charge in [-0.25, -0.2) is 0 Å². The molecule has 0 saturated carbocycles. The van der Waals surface area contributed by atoms with E-state index in [-0.39, 0.29) is 6.04 Å². The lowest BCUT2D eigenvalue weighted by Crippen LogP contribution is -2.13. The molecule has 0 amide bonds. The third-order valence-electron chi connectivity index (χ3n) is 4.08. The third kappa shape index (κ3) is 2.49. The van der Waals surface area contributed by atoms with Gasteiger partial charge in [0.05, 0.1) is 16.4 Å². The summed E-state index contributed by atoms with van der Waals surface area (Å²) in [5, 5.41) is 15.1. The Hall–Kier alpha value is -1.33. The maximum atomic E-state index is 10.8. The minimum Gasteiger partial charge on any atom is -0.382 e. The Morgan fingerprint density at radius 2 is 2.10 bits per heavy atom. The molecule has 21 heavy (non-hydrogen) atoms. The van der Waals surface area contributed by atoms with Gasteiger partial charge in [0, 0.05) is 25.3 Å². The summed E-state index contributed by atoms with van der Waals surface area (Å²) in [7, 11) is 2.10. The molecule has 4 nitrogen and oxygen atoms in total. The van der Waals surface area contributed by atoms with E-state index in [9.17, 15) is 5.11 Å². The van der Waals surface area contributed by atoms with Crippen molar-refractivity contribution in [1.82, 2.24) is 9.78 Å². The summed E-state index contributed by atoms with van der Waals surface area (Å²) < 4.78 is 2.72. The number of halogens is 1. The second-order valence-corrected chi connectivity index (χ2v) is 6.73. The molecule has 1 aliphatic rings. The van der Waals surface area contributed by atoms with Crippen LogP contribution >= 0.6 is 15.9 Å². The van der Waals surface area contributed by atoms with E-state index in [0.717, 1.165) is 28.7 Å². The number of hydrogen-bond acceptors (Lipinski definition) is 3. The number of benzene rings is 1. The Labute approximate surface area is 133 Å². The highest BCUT2D eigenvalue weighted by Gasteiger charge is 2.23. The second-order valence-electron chi connectivity index (χ2n) is 5.88. The zero-order valence-electron chi connectivity index (χ0n) is 12.5. The fraction of sp³-hybridized carbons (Fsp3) is 0.438. The normalized spacial score (nSPS) is 15.6. The molecule has 1 aromatic heterocycles. The van der Waals surface area contributed by atoms with Crippen molar-refractivity contribution in [2.24, 2.45) is 0 Å². The van der Waals surface area contributed by atoms with Crippen molar-refractivity contribution < 1.29 is 5.11 Å². The van der Waals surface area contributed by atoms with Gasteiger partial charge < -0.3 is 10.0 Å². The van der Waals surface area contributed by atoms with Crippen molar-refractivity contribution in [2.45, 2.75) is 32.4 Å². The molecule has 0 saturated heterocycles. The molecule has 0 fully saturated rings. The predicted octanol–water partition coefficient (Wildman–Crippen LogP) is 3.30. The standard InChI is InChI=1S/C16H20BrN3O/c1-10(2)20-15(13(17)9-18-20)16(21)12-4-5-14-11(8-12)6-7-19(14)3/h4-5,8-10,16,21H,6-7H2,1-3H3. The first-order valence-electron chi connectivity index (χ1n) is 7.24. The summed E-state index contributed by atoms with van der Waals surface area (Å²) in [6.07, 6.45) is 2.12. The Morgan fingerprint density at radius 3 is 2.81 bits per heavy atom. The maximum Gasteiger partial charge on any atom is 0.122 e. The van der Waals surface area contributed by atoms with Crippen LogP contribution < -0.4 is 4.90 Å². The summed E-state index contributed by atoms with van der Waals surface area (Å²) in [4.78, 5) is 2.25. The number of fused-ring (bicyclic) bond motifs is 1. The molecular formula is C16H20BrN3O. The molecule has 0 bridgehead atoms. The average molecular weight is 350 g/mol. The quantitative estimate of drug-likeness (QED) is 0.924. The summed E-state index contributed by atoms with van der Waals surface area (Å²) in [5.74, 6) is 0. The van der Waals surface area contributed by atoms with Crippen LogP contribution in [0.4, 0.5) is 5.69 Å². The topological polar surface area (TPSA) is 41.3 Å². The fourth-order valence-electron chi connectivity index (χ4n) is 2.93. The highest BCUT2D eigenvalue weighted by Crippen LogP contribution is 2.34. The molecule has 2 aromatic rings.